The van der Waals surface area contributed by atoms with Crippen LogP contribution in [0.2, 0.25) is 0 Å². The summed E-state index contributed by atoms with van der Waals surface area (Å²) in [6.07, 6.45) is 16.9. The van der Waals surface area contributed by atoms with Crippen molar-refractivity contribution in [3.05, 3.63) is 0 Å². The summed E-state index contributed by atoms with van der Waals surface area (Å²) in [4.78, 5) is 0. The van der Waals surface area contributed by atoms with Gasteiger partial charge in [0.25, 0.3) is 0 Å². The van der Waals surface area contributed by atoms with Crippen LogP contribution < -0.4 is 16.0 Å². The third-order valence-corrected chi connectivity index (χ3v) is 8.71. The van der Waals surface area contributed by atoms with Gasteiger partial charge in [0.1, 0.15) is 0 Å². The van der Waals surface area contributed by atoms with Crippen molar-refractivity contribution in [2.75, 3.05) is 26.2 Å². The van der Waals surface area contributed by atoms with Gasteiger partial charge in [-0.2, -0.15) is 0 Å². The molecular formula is C23H41N3O. The van der Waals surface area contributed by atoms with Crippen LogP contribution in [0.25, 0.3) is 0 Å². The first-order chi connectivity index (χ1) is 13.4. The first kappa shape index (κ1) is 18.8. The van der Waals surface area contributed by atoms with Crippen molar-refractivity contribution in [2.24, 2.45) is 29.6 Å². The average Bonchev–Trinajstić information content (AvgIpc) is 3.38. The van der Waals surface area contributed by atoms with Crippen molar-refractivity contribution < 1.29 is 4.74 Å². The third-order valence-electron chi connectivity index (χ3n) is 8.71. The SMILES string of the molecule is C1CCC(OC2CCCCC2C2CNC3NCC(C4CCNC4)C3C2)CC1. The number of fused-ring (bicyclic) bond motifs is 1. The maximum absolute atomic E-state index is 6.78. The van der Waals surface area contributed by atoms with Gasteiger partial charge in [-0.3, -0.25) is 0 Å². The Balaban J connectivity index is 1.23. The van der Waals surface area contributed by atoms with E-state index in [9.17, 15) is 0 Å². The van der Waals surface area contributed by atoms with Crippen LogP contribution >= 0.6 is 0 Å². The van der Waals surface area contributed by atoms with Crippen LogP contribution in [0.1, 0.15) is 70.6 Å². The summed E-state index contributed by atoms with van der Waals surface area (Å²) in [5.74, 6) is 4.25. The van der Waals surface area contributed by atoms with Gasteiger partial charge in [0.15, 0.2) is 0 Å². The average molecular weight is 376 g/mol. The van der Waals surface area contributed by atoms with E-state index in [0.29, 0.717) is 18.4 Å². The highest BCUT2D eigenvalue weighted by Crippen LogP contribution is 2.43. The normalized spacial score (nSPS) is 46.4. The second-order valence-corrected chi connectivity index (χ2v) is 10.3. The zero-order valence-corrected chi connectivity index (χ0v) is 17.1. The molecule has 4 heteroatoms. The van der Waals surface area contributed by atoms with E-state index in [1.807, 2.05) is 0 Å². The fourth-order valence-electron chi connectivity index (χ4n) is 7.23. The van der Waals surface area contributed by atoms with Crippen LogP contribution in [0.4, 0.5) is 0 Å². The molecule has 5 aliphatic rings. The van der Waals surface area contributed by atoms with Gasteiger partial charge >= 0.3 is 0 Å². The second-order valence-electron chi connectivity index (χ2n) is 10.3. The molecule has 27 heavy (non-hydrogen) atoms. The minimum absolute atomic E-state index is 0.547. The maximum Gasteiger partial charge on any atom is 0.0610 e. The van der Waals surface area contributed by atoms with Crippen LogP contribution in [0.15, 0.2) is 0 Å². The van der Waals surface area contributed by atoms with Gasteiger partial charge < -0.3 is 20.7 Å². The Labute approximate surface area is 166 Å². The van der Waals surface area contributed by atoms with Gasteiger partial charge in [0.05, 0.1) is 18.4 Å². The molecule has 3 aliphatic heterocycles. The number of rotatable bonds is 4. The molecule has 3 saturated heterocycles. The molecule has 5 fully saturated rings. The molecule has 3 N–H and O–H groups in total. The van der Waals surface area contributed by atoms with Gasteiger partial charge in [-0.25, -0.2) is 0 Å². The first-order valence-electron chi connectivity index (χ1n) is 12.2. The summed E-state index contributed by atoms with van der Waals surface area (Å²) in [5, 5.41) is 11.3. The third kappa shape index (κ3) is 4.10. The first-order valence-corrected chi connectivity index (χ1v) is 12.2. The van der Waals surface area contributed by atoms with Gasteiger partial charge in [-0.05, 0) is 87.7 Å². The standard InChI is InChI=1S/C23H41N3O/c1-2-6-18(7-3-1)27-22-9-5-4-8-19(22)17-12-20-21(16-10-11-24-13-16)15-26-23(20)25-14-17/h16-26H,1-15H2. The second kappa shape index (κ2) is 8.69. The minimum atomic E-state index is 0.547. The molecular weight excluding hydrogens is 334 g/mol. The highest BCUT2D eigenvalue weighted by molar-refractivity contribution is 5.00. The van der Waals surface area contributed by atoms with Gasteiger partial charge in [-0.1, -0.05) is 32.1 Å². The predicted octanol–water partition coefficient (Wildman–Crippen LogP) is 3.28. The van der Waals surface area contributed by atoms with E-state index in [1.54, 1.807) is 0 Å². The lowest BCUT2D eigenvalue weighted by Gasteiger charge is -2.44. The van der Waals surface area contributed by atoms with Crippen molar-refractivity contribution in [1.29, 1.82) is 0 Å². The Kier molecular flexibility index (Phi) is 6.06. The lowest BCUT2D eigenvalue weighted by molar-refractivity contribution is -0.0909. The fourth-order valence-corrected chi connectivity index (χ4v) is 7.23. The van der Waals surface area contributed by atoms with E-state index in [0.717, 1.165) is 29.6 Å². The molecule has 0 aromatic carbocycles. The topological polar surface area (TPSA) is 45.3 Å². The molecule has 4 nitrogen and oxygen atoms in total. The highest BCUT2D eigenvalue weighted by atomic mass is 16.5. The zero-order chi connectivity index (χ0) is 18.1. The van der Waals surface area contributed by atoms with Crippen molar-refractivity contribution in [2.45, 2.75) is 89.0 Å². The molecule has 154 valence electrons. The van der Waals surface area contributed by atoms with Crippen LogP contribution in [0.5, 0.6) is 0 Å². The van der Waals surface area contributed by atoms with E-state index in [4.69, 9.17) is 4.74 Å². The molecule has 0 bridgehead atoms. The van der Waals surface area contributed by atoms with Crippen LogP contribution in [-0.2, 0) is 4.74 Å². The molecule has 2 aliphatic carbocycles. The number of hydrogen-bond donors (Lipinski definition) is 3. The monoisotopic (exact) mass is 375 g/mol. The molecule has 0 aromatic heterocycles. The lowest BCUT2D eigenvalue weighted by Crippen LogP contribution is -2.52. The zero-order valence-electron chi connectivity index (χ0n) is 17.1. The van der Waals surface area contributed by atoms with E-state index in [1.165, 1.54) is 96.8 Å². The van der Waals surface area contributed by atoms with Gasteiger partial charge in [0, 0.05) is 6.54 Å². The number of ether oxygens (including phenoxy) is 1. The largest absolute Gasteiger partial charge is 0.375 e. The Hall–Kier alpha value is -0.160. The number of hydrogen-bond acceptors (Lipinski definition) is 4. The Morgan fingerprint density at radius 3 is 2.30 bits per heavy atom. The quantitative estimate of drug-likeness (QED) is 0.706. The molecule has 5 rings (SSSR count). The van der Waals surface area contributed by atoms with Crippen molar-refractivity contribution in [3.8, 4) is 0 Å². The molecule has 0 amide bonds. The Bertz CT molecular complexity index is 474. The van der Waals surface area contributed by atoms with Crippen LogP contribution in [-0.4, -0.2) is 44.6 Å². The van der Waals surface area contributed by atoms with E-state index in [2.05, 4.69) is 16.0 Å². The summed E-state index contributed by atoms with van der Waals surface area (Å²) in [5.41, 5.74) is 0. The Morgan fingerprint density at radius 1 is 0.630 bits per heavy atom. The summed E-state index contributed by atoms with van der Waals surface area (Å²) in [6.45, 7) is 4.92. The Morgan fingerprint density at radius 2 is 1.44 bits per heavy atom. The predicted molar refractivity (Wildman–Crippen MR) is 110 cm³/mol. The number of piperidine rings is 1. The smallest absolute Gasteiger partial charge is 0.0610 e. The molecule has 0 aromatic rings. The molecule has 7 atom stereocenters. The van der Waals surface area contributed by atoms with Crippen molar-refractivity contribution in [1.82, 2.24) is 16.0 Å². The molecule has 2 saturated carbocycles. The van der Waals surface area contributed by atoms with Crippen molar-refractivity contribution >= 4 is 0 Å². The van der Waals surface area contributed by atoms with Gasteiger partial charge in [-0.15, -0.1) is 0 Å². The summed E-state index contributed by atoms with van der Waals surface area (Å²) in [7, 11) is 0. The molecule has 0 radical (unpaired) electrons. The molecule has 3 heterocycles. The fraction of sp³-hybridized carbons (Fsp3) is 1.00. The lowest BCUT2D eigenvalue weighted by atomic mass is 9.69. The highest BCUT2D eigenvalue weighted by Gasteiger charge is 2.46. The molecule has 0 spiro atoms. The van der Waals surface area contributed by atoms with Crippen LogP contribution in [0, 0.1) is 29.6 Å². The maximum atomic E-state index is 6.78. The van der Waals surface area contributed by atoms with Gasteiger partial charge in [0.2, 0.25) is 0 Å². The minimum Gasteiger partial charge on any atom is -0.375 e. The summed E-state index contributed by atoms with van der Waals surface area (Å²) in [6, 6.07) is 0. The van der Waals surface area contributed by atoms with E-state index >= 15 is 0 Å². The summed E-state index contributed by atoms with van der Waals surface area (Å²) >= 11 is 0. The van der Waals surface area contributed by atoms with Crippen LogP contribution in [0.3, 0.4) is 0 Å². The summed E-state index contributed by atoms with van der Waals surface area (Å²) < 4.78 is 6.78. The van der Waals surface area contributed by atoms with E-state index in [-0.39, 0.29) is 0 Å². The van der Waals surface area contributed by atoms with Crippen molar-refractivity contribution in [3.63, 3.8) is 0 Å². The van der Waals surface area contributed by atoms with E-state index < -0.39 is 0 Å². The number of nitrogens with one attached hydrogen (secondary N) is 3. The molecule has 7 unspecified atom stereocenters.